The van der Waals surface area contributed by atoms with Crippen LogP contribution < -0.4 is 5.32 Å². The number of nitrogens with zero attached hydrogens (tertiary/aromatic N) is 2. The van der Waals surface area contributed by atoms with Crippen LogP contribution in [0.4, 0.5) is 5.13 Å². The zero-order valence-electron chi connectivity index (χ0n) is 10.6. The third kappa shape index (κ3) is 2.29. The van der Waals surface area contributed by atoms with Gasteiger partial charge in [-0.3, -0.25) is 0 Å². The van der Waals surface area contributed by atoms with Gasteiger partial charge in [0.25, 0.3) is 0 Å². The lowest BCUT2D eigenvalue weighted by Crippen LogP contribution is -2.15. The zero-order chi connectivity index (χ0) is 12.5. The van der Waals surface area contributed by atoms with E-state index < -0.39 is 0 Å². The molecule has 18 heavy (non-hydrogen) atoms. The Morgan fingerprint density at radius 2 is 2.33 bits per heavy atom. The minimum atomic E-state index is 0.403. The Bertz CT molecular complexity index is 530. The molecular weight excluding hydrogens is 262 g/mol. The van der Waals surface area contributed by atoms with Crippen LogP contribution in [0.5, 0.6) is 0 Å². The molecule has 1 aliphatic carbocycles. The molecule has 0 bridgehead atoms. The highest BCUT2D eigenvalue weighted by molar-refractivity contribution is 7.10. The number of nitrogens with one attached hydrogen (secondary N) is 1. The van der Waals surface area contributed by atoms with Crippen molar-refractivity contribution in [3.63, 3.8) is 0 Å². The van der Waals surface area contributed by atoms with Gasteiger partial charge in [0, 0.05) is 22.3 Å². The Balaban J connectivity index is 1.77. The second-order valence-electron chi connectivity index (χ2n) is 5.00. The number of fused-ring (bicyclic) bond motifs is 1. The van der Waals surface area contributed by atoms with Gasteiger partial charge in [0.2, 0.25) is 5.13 Å². The van der Waals surface area contributed by atoms with Gasteiger partial charge >= 0.3 is 0 Å². The molecule has 1 N–H and O–H groups in total. The van der Waals surface area contributed by atoms with E-state index in [1.54, 1.807) is 0 Å². The van der Waals surface area contributed by atoms with Crippen molar-refractivity contribution in [2.75, 3.05) is 5.32 Å². The Kier molecular flexibility index (Phi) is 3.35. The van der Waals surface area contributed by atoms with E-state index in [4.69, 9.17) is 0 Å². The number of thiophene rings is 1. The molecule has 3 nitrogen and oxygen atoms in total. The van der Waals surface area contributed by atoms with Crippen LogP contribution in [0.2, 0.25) is 0 Å². The lowest BCUT2D eigenvalue weighted by molar-refractivity contribution is 0.608. The maximum absolute atomic E-state index is 4.56. The van der Waals surface area contributed by atoms with Crippen molar-refractivity contribution in [1.82, 2.24) is 9.36 Å². The summed E-state index contributed by atoms with van der Waals surface area (Å²) in [6.45, 7) is 4.26. The molecule has 0 saturated carbocycles. The Morgan fingerprint density at radius 3 is 3.11 bits per heavy atom. The average molecular weight is 279 g/mol. The van der Waals surface area contributed by atoms with Gasteiger partial charge in [-0.1, -0.05) is 13.8 Å². The van der Waals surface area contributed by atoms with Crippen molar-refractivity contribution in [2.24, 2.45) is 0 Å². The van der Waals surface area contributed by atoms with Crippen LogP contribution in [0.1, 0.15) is 54.9 Å². The predicted molar refractivity (Wildman–Crippen MR) is 77.6 cm³/mol. The number of aryl methyl sites for hydroxylation is 1. The molecule has 2 aromatic rings. The number of aromatic nitrogens is 2. The molecule has 0 saturated heterocycles. The molecule has 3 rings (SSSR count). The Hall–Kier alpha value is -0.940. The fraction of sp³-hybridized carbons (Fsp3) is 0.538. The standard InChI is InChI=1S/C13H17N3S2/c1-8(2)12-15-13(18-16-12)14-10-4-3-5-11-9(10)6-7-17-11/h6-8,10H,3-5H2,1-2H3,(H,14,15,16). The van der Waals surface area contributed by atoms with Crippen molar-refractivity contribution in [3.8, 4) is 0 Å². The highest BCUT2D eigenvalue weighted by atomic mass is 32.1. The van der Waals surface area contributed by atoms with Crippen molar-refractivity contribution in [3.05, 3.63) is 27.7 Å². The fourth-order valence-corrected chi connectivity index (χ4v) is 4.06. The van der Waals surface area contributed by atoms with Crippen molar-refractivity contribution < 1.29 is 0 Å². The van der Waals surface area contributed by atoms with E-state index in [1.165, 1.54) is 41.2 Å². The molecule has 2 aromatic heterocycles. The van der Waals surface area contributed by atoms with Crippen LogP contribution in [-0.2, 0) is 6.42 Å². The third-order valence-corrected chi connectivity index (χ3v) is 4.96. The van der Waals surface area contributed by atoms with Crippen LogP contribution >= 0.6 is 22.9 Å². The molecule has 1 atom stereocenters. The van der Waals surface area contributed by atoms with E-state index >= 15 is 0 Å². The van der Waals surface area contributed by atoms with E-state index in [9.17, 15) is 0 Å². The highest BCUT2D eigenvalue weighted by Gasteiger charge is 2.22. The van der Waals surface area contributed by atoms with Gasteiger partial charge < -0.3 is 5.32 Å². The van der Waals surface area contributed by atoms with E-state index in [0.29, 0.717) is 12.0 Å². The topological polar surface area (TPSA) is 37.8 Å². The highest BCUT2D eigenvalue weighted by Crippen LogP contribution is 2.35. The van der Waals surface area contributed by atoms with Gasteiger partial charge in [-0.15, -0.1) is 11.3 Å². The molecule has 0 amide bonds. The lowest BCUT2D eigenvalue weighted by atomic mass is 9.94. The number of hydrogen-bond donors (Lipinski definition) is 1. The normalized spacial score (nSPS) is 18.9. The van der Waals surface area contributed by atoms with Crippen LogP contribution in [0.3, 0.4) is 0 Å². The fourth-order valence-electron chi connectivity index (χ4n) is 2.31. The minimum Gasteiger partial charge on any atom is -0.353 e. The first kappa shape index (κ1) is 12.1. The molecule has 0 spiro atoms. The second kappa shape index (κ2) is 4.97. The van der Waals surface area contributed by atoms with Gasteiger partial charge in [0.1, 0.15) is 5.82 Å². The van der Waals surface area contributed by atoms with Gasteiger partial charge in [0.05, 0.1) is 6.04 Å². The third-order valence-electron chi connectivity index (χ3n) is 3.31. The van der Waals surface area contributed by atoms with E-state index in [2.05, 4.69) is 40.0 Å². The first-order valence-corrected chi connectivity index (χ1v) is 8.05. The van der Waals surface area contributed by atoms with Crippen LogP contribution in [0.25, 0.3) is 0 Å². The lowest BCUT2D eigenvalue weighted by Gasteiger charge is -2.23. The first-order valence-electron chi connectivity index (χ1n) is 6.40. The summed E-state index contributed by atoms with van der Waals surface area (Å²) >= 11 is 3.36. The summed E-state index contributed by atoms with van der Waals surface area (Å²) in [7, 11) is 0. The Morgan fingerprint density at radius 1 is 1.44 bits per heavy atom. The maximum Gasteiger partial charge on any atom is 0.203 e. The monoisotopic (exact) mass is 279 g/mol. The summed E-state index contributed by atoms with van der Waals surface area (Å²) in [4.78, 5) is 6.10. The van der Waals surface area contributed by atoms with E-state index in [1.807, 2.05) is 11.3 Å². The molecule has 1 aliphatic rings. The summed E-state index contributed by atoms with van der Waals surface area (Å²) in [5.41, 5.74) is 1.47. The second-order valence-corrected chi connectivity index (χ2v) is 6.75. The summed E-state index contributed by atoms with van der Waals surface area (Å²) in [5, 5.41) is 6.71. The molecule has 96 valence electrons. The molecule has 0 fully saturated rings. The molecule has 2 heterocycles. The number of rotatable bonds is 3. The van der Waals surface area contributed by atoms with E-state index in [0.717, 1.165) is 11.0 Å². The molecule has 1 unspecified atom stereocenters. The molecule has 0 radical (unpaired) electrons. The van der Waals surface area contributed by atoms with Crippen LogP contribution in [-0.4, -0.2) is 9.36 Å². The van der Waals surface area contributed by atoms with Crippen molar-refractivity contribution >= 4 is 28.0 Å². The van der Waals surface area contributed by atoms with E-state index in [-0.39, 0.29) is 0 Å². The summed E-state index contributed by atoms with van der Waals surface area (Å²) < 4.78 is 4.40. The summed E-state index contributed by atoms with van der Waals surface area (Å²) in [6.07, 6.45) is 3.69. The molecule has 0 aliphatic heterocycles. The largest absolute Gasteiger partial charge is 0.353 e. The van der Waals surface area contributed by atoms with Crippen molar-refractivity contribution in [2.45, 2.75) is 45.1 Å². The zero-order valence-corrected chi connectivity index (χ0v) is 12.3. The maximum atomic E-state index is 4.56. The first-order chi connectivity index (χ1) is 8.74. The van der Waals surface area contributed by atoms with Gasteiger partial charge in [-0.25, -0.2) is 4.98 Å². The summed E-state index contributed by atoms with van der Waals surface area (Å²) in [5.74, 6) is 1.35. The molecular formula is C13H17N3S2. The minimum absolute atomic E-state index is 0.403. The number of anilines is 1. The van der Waals surface area contributed by atoms with Gasteiger partial charge in [0.15, 0.2) is 0 Å². The van der Waals surface area contributed by atoms with Crippen LogP contribution in [0.15, 0.2) is 11.4 Å². The smallest absolute Gasteiger partial charge is 0.203 e. The van der Waals surface area contributed by atoms with Crippen LogP contribution in [0, 0.1) is 0 Å². The SMILES string of the molecule is CC(C)c1nsc(NC2CCCc3sccc32)n1. The quantitative estimate of drug-likeness (QED) is 0.914. The number of hydrogen-bond acceptors (Lipinski definition) is 5. The molecule has 0 aromatic carbocycles. The summed E-state index contributed by atoms with van der Waals surface area (Å²) in [6, 6.07) is 2.68. The average Bonchev–Trinajstić information content (AvgIpc) is 2.97. The van der Waals surface area contributed by atoms with Crippen molar-refractivity contribution in [1.29, 1.82) is 0 Å². The Labute approximate surface area is 115 Å². The molecule has 5 heteroatoms. The van der Waals surface area contributed by atoms with Gasteiger partial charge in [-0.05, 0) is 36.3 Å². The predicted octanol–water partition coefficient (Wildman–Crippen LogP) is 4.21. The van der Waals surface area contributed by atoms with Gasteiger partial charge in [-0.2, -0.15) is 4.37 Å².